The van der Waals surface area contributed by atoms with Crippen LogP contribution in [0.15, 0.2) is 47.4 Å². The van der Waals surface area contributed by atoms with Crippen LogP contribution in [0.1, 0.15) is 23.2 Å². The van der Waals surface area contributed by atoms with Crippen LogP contribution in [-0.2, 0) is 16.6 Å². The summed E-state index contributed by atoms with van der Waals surface area (Å²) in [5.41, 5.74) is 1.62. The molecule has 0 radical (unpaired) electrons. The van der Waals surface area contributed by atoms with Gasteiger partial charge in [0.25, 0.3) is 5.91 Å². The molecule has 9 nitrogen and oxygen atoms in total. The quantitative estimate of drug-likeness (QED) is 0.767. The lowest BCUT2D eigenvalue weighted by Crippen LogP contribution is -2.57. The van der Waals surface area contributed by atoms with E-state index in [4.69, 9.17) is 0 Å². The van der Waals surface area contributed by atoms with Crippen LogP contribution in [0, 0.1) is 0 Å². The van der Waals surface area contributed by atoms with E-state index in [0.717, 1.165) is 12.1 Å². The van der Waals surface area contributed by atoms with E-state index >= 15 is 0 Å². The number of rotatable bonds is 4. The maximum atomic E-state index is 13.1. The Hall–Kier alpha value is -3.46. The fourth-order valence-corrected chi connectivity index (χ4v) is 4.14. The Morgan fingerprint density at radius 1 is 1.03 bits per heavy atom. The molecule has 2 fully saturated rings. The highest BCUT2D eigenvalue weighted by atomic mass is 16.2. The lowest BCUT2D eigenvalue weighted by Gasteiger charge is -2.38. The number of piperazine rings is 1. The van der Waals surface area contributed by atoms with Crippen molar-refractivity contribution in [3.8, 4) is 0 Å². The van der Waals surface area contributed by atoms with Gasteiger partial charge < -0.3 is 19.7 Å². The maximum absolute atomic E-state index is 13.1. The molecule has 2 saturated heterocycles. The molecule has 0 bridgehead atoms. The van der Waals surface area contributed by atoms with Gasteiger partial charge in [-0.2, -0.15) is 0 Å². The molecule has 3 amide bonds. The molecule has 1 aromatic carbocycles. The van der Waals surface area contributed by atoms with Crippen LogP contribution < -0.4 is 15.8 Å². The molecule has 1 N–H and O–H groups in total. The van der Waals surface area contributed by atoms with Crippen molar-refractivity contribution in [3.63, 3.8) is 0 Å². The molecule has 3 heterocycles. The van der Waals surface area contributed by atoms with Gasteiger partial charge in [-0.25, -0.2) is 0 Å². The number of hydrogen-bond donors (Lipinski definition) is 1. The zero-order valence-corrected chi connectivity index (χ0v) is 18.3. The molecule has 2 aliphatic rings. The second kappa shape index (κ2) is 8.96. The van der Waals surface area contributed by atoms with E-state index < -0.39 is 6.04 Å². The summed E-state index contributed by atoms with van der Waals surface area (Å²) in [7, 11) is 3.46. The molecule has 1 atom stereocenters. The average Bonchev–Trinajstić information content (AvgIpc) is 3.21. The number of carbonyl (C=O) groups excluding carboxylic acids is 3. The van der Waals surface area contributed by atoms with Crippen LogP contribution in [-0.4, -0.2) is 71.4 Å². The van der Waals surface area contributed by atoms with Gasteiger partial charge in [0.2, 0.25) is 17.4 Å². The lowest BCUT2D eigenvalue weighted by atomic mass is 10.1. The molecule has 0 unspecified atom stereocenters. The Bertz CT molecular complexity index is 1110. The van der Waals surface area contributed by atoms with Crippen molar-refractivity contribution >= 4 is 29.1 Å². The second-order valence-electron chi connectivity index (χ2n) is 8.30. The molecule has 2 aromatic rings. The van der Waals surface area contributed by atoms with Gasteiger partial charge in [-0.1, -0.05) is 6.07 Å². The predicted octanol–water partition coefficient (Wildman–Crippen LogP) is 0.907. The first-order chi connectivity index (χ1) is 15.3. The van der Waals surface area contributed by atoms with Crippen molar-refractivity contribution in [2.45, 2.75) is 18.9 Å². The van der Waals surface area contributed by atoms with E-state index in [0.29, 0.717) is 37.3 Å². The van der Waals surface area contributed by atoms with E-state index in [1.807, 2.05) is 24.1 Å². The molecule has 1 aromatic heterocycles. The number of likely N-dealkylation sites (N-methyl/N-ethyl adjacent to an activating group) is 1. The van der Waals surface area contributed by atoms with Crippen LogP contribution in [0.3, 0.4) is 0 Å². The molecule has 32 heavy (non-hydrogen) atoms. The number of carbonyl (C=O) groups is 3. The molecule has 2 aliphatic heterocycles. The molecular formula is C23H27N5O4. The fraction of sp³-hybridized carbons (Fsp3) is 0.391. The van der Waals surface area contributed by atoms with Crippen LogP contribution in [0.25, 0.3) is 0 Å². The number of amides is 3. The maximum Gasteiger partial charge on any atom is 0.255 e. The third-order valence-electron chi connectivity index (χ3n) is 6.07. The summed E-state index contributed by atoms with van der Waals surface area (Å²) in [5, 5.41) is 2.93. The normalized spacial score (nSPS) is 19.3. The number of anilines is 2. The summed E-state index contributed by atoms with van der Waals surface area (Å²) in [6.45, 7) is 1.98. The standard InChI is InChI=1S/C23H27N5O4/c1-25-11-12-27(23(32)16-8-9-20(29)26(2)14-16)15-19(25)22(31)24-17-5-3-6-18(13-17)28-10-4-7-21(28)30/h3,5-6,8-9,13-14,19H,4,7,10-12,15H2,1-2H3,(H,24,31)/t19-/m1/s1. The van der Waals surface area contributed by atoms with E-state index in [-0.39, 0.29) is 29.8 Å². The summed E-state index contributed by atoms with van der Waals surface area (Å²) in [5.74, 6) is -0.329. The van der Waals surface area contributed by atoms with Crippen LogP contribution in [0.2, 0.25) is 0 Å². The number of nitrogens with one attached hydrogen (secondary N) is 1. The summed E-state index contributed by atoms with van der Waals surface area (Å²) in [4.78, 5) is 54.9. The van der Waals surface area contributed by atoms with E-state index in [2.05, 4.69) is 5.32 Å². The van der Waals surface area contributed by atoms with Crippen LogP contribution in [0.4, 0.5) is 11.4 Å². The second-order valence-corrected chi connectivity index (χ2v) is 8.30. The molecule has 4 rings (SSSR count). The minimum Gasteiger partial charge on any atom is -0.335 e. The monoisotopic (exact) mass is 437 g/mol. The Morgan fingerprint density at radius 3 is 2.56 bits per heavy atom. The number of aryl methyl sites for hydroxylation is 1. The summed E-state index contributed by atoms with van der Waals surface area (Å²) in [6, 6.07) is 9.64. The highest BCUT2D eigenvalue weighted by molar-refractivity contribution is 5.99. The van der Waals surface area contributed by atoms with Gasteiger partial charge in [-0.3, -0.25) is 24.1 Å². The van der Waals surface area contributed by atoms with Crippen molar-refractivity contribution in [2.75, 3.05) is 43.4 Å². The SMILES string of the molecule is CN1CCN(C(=O)c2ccc(=O)n(C)c2)C[C@@H]1C(=O)Nc1cccc(N2CCCC2=O)c1. The van der Waals surface area contributed by atoms with Crippen molar-refractivity contribution in [2.24, 2.45) is 7.05 Å². The zero-order chi connectivity index (χ0) is 22.8. The summed E-state index contributed by atoms with van der Waals surface area (Å²) >= 11 is 0. The number of pyridine rings is 1. The van der Waals surface area contributed by atoms with Gasteiger partial charge in [0.15, 0.2) is 0 Å². The van der Waals surface area contributed by atoms with Gasteiger partial charge >= 0.3 is 0 Å². The van der Waals surface area contributed by atoms with Gasteiger partial charge in [0, 0.05) is 63.3 Å². The molecule has 0 saturated carbocycles. The molecule has 0 aliphatic carbocycles. The Morgan fingerprint density at radius 2 is 1.84 bits per heavy atom. The largest absolute Gasteiger partial charge is 0.335 e. The van der Waals surface area contributed by atoms with Gasteiger partial charge in [0.05, 0.1) is 5.56 Å². The minimum atomic E-state index is -0.516. The van der Waals surface area contributed by atoms with Gasteiger partial charge in [-0.05, 0) is 37.7 Å². The lowest BCUT2D eigenvalue weighted by molar-refractivity contribution is -0.122. The first-order valence-electron chi connectivity index (χ1n) is 10.7. The third kappa shape index (κ3) is 4.43. The number of hydrogen-bond acceptors (Lipinski definition) is 5. The highest BCUT2D eigenvalue weighted by Crippen LogP contribution is 2.24. The first-order valence-corrected chi connectivity index (χ1v) is 10.7. The summed E-state index contributed by atoms with van der Waals surface area (Å²) in [6.07, 6.45) is 2.90. The Kier molecular flexibility index (Phi) is 6.09. The van der Waals surface area contributed by atoms with Crippen LogP contribution in [0.5, 0.6) is 0 Å². The Labute approximate surface area is 186 Å². The number of nitrogens with zero attached hydrogens (tertiary/aromatic N) is 4. The van der Waals surface area contributed by atoms with Crippen molar-refractivity contribution in [3.05, 3.63) is 58.5 Å². The van der Waals surface area contributed by atoms with Gasteiger partial charge in [0.1, 0.15) is 6.04 Å². The fourth-order valence-electron chi connectivity index (χ4n) is 4.14. The smallest absolute Gasteiger partial charge is 0.255 e. The predicted molar refractivity (Wildman–Crippen MR) is 121 cm³/mol. The topological polar surface area (TPSA) is 95.0 Å². The molecular weight excluding hydrogens is 410 g/mol. The van der Waals surface area contributed by atoms with Gasteiger partial charge in [-0.15, -0.1) is 0 Å². The highest BCUT2D eigenvalue weighted by Gasteiger charge is 2.33. The van der Waals surface area contributed by atoms with Crippen LogP contribution >= 0.6 is 0 Å². The Balaban J connectivity index is 1.46. The number of aromatic nitrogens is 1. The molecule has 168 valence electrons. The van der Waals surface area contributed by atoms with Crippen molar-refractivity contribution in [1.82, 2.24) is 14.4 Å². The van der Waals surface area contributed by atoms with E-state index in [1.54, 1.807) is 29.0 Å². The first kappa shape index (κ1) is 21.8. The van der Waals surface area contributed by atoms with E-state index in [1.165, 1.54) is 22.9 Å². The average molecular weight is 438 g/mol. The van der Waals surface area contributed by atoms with Crippen molar-refractivity contribution in [1.29, 1.82) is 0 Å². The minimum absolute atomic E-state index is 0.0908. The third-order valence-corrected chi connectivity index (χ3v) is 6.07. The summed E-state index contributed by atoms with van der Waals surface area (Å²) < 4.78 is 1.37. The molecule has 0 spiro atoms. The van der Waals surface area contributed by atoms with Crippen molar-refractivity contribution < 1.29 is 14.4 Å². The zero-order valence-electron chi connectivity index (χ0n) is 18.3. The molecule has 9 heteroatoms. The van der Waals surface area contributed by atoms with E-state index in [9.17, 15) is 19.2 Å². The number of benzene rings is 1.